The quantitative estimate of drug-likeness (QED) is 0.897. The van der Waals surface area contributed by atoms with E-state index in [-0.39, 0.29) is 5.56 Å². The fraction of sp³-hybridized carbons (Fsp3) is 0.0714. The fourth-order valence-electron chi connectivity index (χ4n) is 1.55. The molecule has 0 aliphatic heterocycles. The molecule has 98 valence electrons. The zero-order valence-corrected chi connectivity index (χ0v) is 12.1. The average Bonchev–Trinajstić information content (AvgIpc) is 2.36. The van der Waals surface area contributed by atoms with Crippen molar-refractivity contribution in [2.45, 2.75) is 6.61 Å². The van der Waals surface area contributed by atoms with Crippen molar-refractivity contribution in [3.8, 4) is 5.75 Å². The van der Waals surface area contributed by atoms with Gasteiger partial charge in [0.2, 0.25) is 0 Å². The van der Waals surface area contributed by atoms with Crippen LogP contribution in [-0.4, -0.2) is 11.1 Å². The molecule has 0 amide bonds. The Kier molecular flexibility index (Phi) is 4.45. The number of carbonyl (C=O) groups is 1. The summed E-state index contributed by atoms with van der Waals surface area (Å²) in [4.78, 5) is 10.9. The first-order valence-corrected chi connectivity index (χ1v) is 6.63. The second-order valence-corrected chi connectivity index (χ2v) is 5.16. The predicted molar refractivity (Wildman–Crippen MR) is 76.9 cm³/mol. The van der Waals surface area contributed by atoms with Crippen molar-refractivity contribution in [2.75, 3.05) is 0 Å². The summed E-state index contributed by atoms with van der Waals surface area (Å²) in [5.41, 5.74) is 1.15. The molecule has 19 heavy (non-hydrogen) atoms. The Balaban J connectivity index is 2.08. The minimum absolute atomic E-state index is 0.204. The Bertz CT molecular complexity index is 613. The van der Waals surface area contributed by atoms with Crippen molar-refractivity contribution in [2.24, 2.45) is 0 Å². The van der Waals surface area contributed by atoms with Gasteiger partial charge in [-0.3, -0.25) is 0 Å². The van der Waals surface area contributed by atoms with E-state index in [1.807, 2.05) is 18.2 Å². The topological polar surface area (TPSA) is 46.5 Å². The van der Waals surface area contributed by atoms with E-state index in [1.54, 1.807) is 18.2 Å². The molecule has 3 nitrogen and oxygen atoms in total. The molecule has 0 atom stereocenters. The molecule has 0 spiro atoms. The lowest BCUT2D eigenvalue weighted by molar-refractivity contribution is 0.0696. The van der Waals surface area contributed by atoms with Crippen LogP contribution in [0.5, 0.6) is 5.75 Å². The number of benzene rings is 2. The molecule has 0 heterocycles. The zero-order valence-electron chi connectivity index (χ0n) is 9.77. The highest BCUT2D eigenvalue weighted by Gasteiger charge is 2.08. The maximum absolute atomic E-state index is 10.9. The summed E-state index contributed by atoms with van der Waals surface area (Å²) in [5, 5.41) is 9.57. The monoisotopic (exact) mass is 340 g/mol. The molecule has 0 saturated heterocycles. The molecule has 2 rings (SSSR count). The highest BCUT2D eigenvalue weighted by Crippen LogP contribution is 2.24. The zero-order chi connectivity index (χ0) is 13.8. The number of rotatable bonds is 4. The number of hydrogen-bond acceptors (Lipinski definition) is 2. The van der Waals surface area contributed by atoms with Crippen LogP contribution in [0.1, 0.15) is 15.9 Å². The van der Waals surface area contributed by atoms with Gasteiger partial charge in [0, 0.05) is 9.50 Å². The van der Waals surface area contributed by atoms with Crippen molar-refractivity contribution < 1.29 is 14.6 Å². The van der Waals surface area contributed by atoms with Crippen molar-refractivity contribution in [1.82, 2.24) is 0 Å². The number of aromatic carboxylic acids is 1. The molecule has 0 aromatic heterocycles. The van der Waals surface area contributed by atoms with Gasteiger partial charge in [-0.05, 0) is 51.8 Å². The Morgan fingerprint density at radius 1 is 1.26 bits per heavy atom. The van der Waals surface area contributed by atoms with Gasteiger partial charge in [-0.2, -0.15) is 0 Å². The van der Waals surface area contributed by atoms with Crippen LogP contribution in [0.2, 0.25) is 5.02 Å². The first kappa shape index (κ1) is 13.9. The molecule has 0 fully saturated rings. The number of carboxylic acid groups (broad SMARTS) is 1. The third kappa shape index (κ3) is 3.72. The first-order chi connectivity index (χ1) is 9.06. The number of hydrogen-bond donors (Lipinski definition) is 1. The molecule has 0 bridgehead atoms. The molecule has 5 heteroatoms. The van der Waals surface area contributed by atoms with Gasteiger partial charge < -0.3 is 9.84 Å². The normalized spacial score (nSPS) is 10.2. The van der Waals surface area contributed by atoms with Crippen molar-refractivity contribution in [3.63, 3.8) is 0 Å². The highest BCUT2D eigenvalue weighted by atomic mass is 79.9. The summed E-state index contributed by atoms with van der Waals surface area (Å²) in [5.74, 6) is -0.384. The van der Waals surface area contributed by atoms with Crippen molar-refractivity contribution >= 4 is 33.5 Å². The van der Waals surface area contributed by atoms with Gasteiger partial charge in [-0.25, -0.2) is 4.79 Å². The predicted octanol–water partition coefficient (Wildman–Crippen LogP) is 4.38. The standard InChI is InChI=1S/C14H10BrClO3/c15-13-7-11(4-5-12(13)14(17)18)19-8-9-2-1-3-10(16)6-9/h1-7H,8H2,(H,17,18). The lowest BCUT2D eigenvalue weighted by Gasteiger charge is -2.08. The molecule has 0 saturated carbocycles. The summed E-state index contributed by atoms with van der Waals surface area (Å²) in [6.07, 6.45) is 0. The smallest absolute Gasteiger partial charge is 0.336 e. The van der Waals surface area contributed by atoms with Gasteiger partial charge in [0.1, 0.15) is 12.4 Å². The summed E-state index contributed by atoms with van der Waals surface area (Å²) < 4.78 is 6.07. The molecule has 2 aromatic carbocycles. The van der Waals surface area contributed by atoms with Gasteiger partial charge in [-0.1, -0.05) is 23.7 Å². The molecule has 1 N–H and O–H groups in total. The lowest BCUT2D eigenvalue weighted by atomic mass is 10.2. The van der Waals surface area contributed by atoms with Gasteiger partial charge in [0.15, 0.2) is 0 Å². The Labute approximate surface area is 123 Å². The van der Waals surface area contributed by atoms with Crippen LogP contribution in [0, 0.1) is 0 Å². The van der Waals surface area contributed by atoms with Crippen molar-refractivity contribution in [1.29, 1.82) is 0 Å². The number of carboxylic acids is 1. The van der Waals surface area contributed by atoms with E-state index in [0.29, 0.717) is 21.9 Å². The van der Waals surface area contributed by atoms with Gasteiger partial charge in [-0.15, -0.1) is 0 Å². The first-order valence-electron chi connectivity index (χ1n) is 5.46. The van der Waals surface area contributed by atoms with E-state index >= 15 is 0 Å². The van der Waals surface area contributed by atoms with E-state index in [0.717, 1.165) is 5.56 Å². The minimum Gasteiger partial charge on any atom is -0.489 e. The van der Waals surface area contributed by atoms with Crippen LogP contribution < -0.4 is 4.74 Å². The maximum atomic E-state index is 10.9. The third-order valence-electron chi connectivity index (χ3n) is 2.47. The van der Waals surface area contributed by atoms with Gasteiger partial charge in [0.05, 0.1) is 5.56 Å². The summed E-state index contributed by atoms with van der Waals surface area (Å²) in [6.45, 7) is 0.374. The molecule has 0 unspecified atom stereocenters. The van der Waals surface area contributed by atoms with Crippen molar-refractivity contribution in [3.05, 3.63) is 63.1 Å². The maximum Gasteiger partial charge on any atom is 0.336 e. The summed E-state index contributed by atoms with van der Waals surface area (Å²) >= 11 is 9.08. The van der Waals surface area contributed by atoms with E-state index < -0.39 is 5.97 Å². The van der Waals surface area contributed by atoms with E-state index in [9.17, 15) is 4.79 Å². The van der Waals surface area contributed by atoms with Crippen LogP contribution in [-0.2, 0) is 6.61 Å². The van der Waals surface area contributed by atoms with E-state index in [4.69, 9.17) is 21.4 Å². The van der Waals surface area contributed by atoms with Crippen LogP contribution >= 0.6 is 27.5 Å². The fourth-order valence-corrected chi connectivity index (χ4v) is 2.29. The summed E-state index contributed by atoms with van der Waals surface area (Å²) in [7, 11) is 0. The van der Waals surface area contributed by atoms with Gasteiger partial charge in [0.25, 0.3) is 0 Å². The molecular weight excluding hydrogens is 332 g/mol. The van der Waals surface area contributed by atoms with Gasteiger partial charge >= 0.3 is 5.97 Å². The number of halogens is 2. The Hall–Kier alpha value is -1.52. The lowest BCUT2D eigenvalue weighted by Crippen LogP contribution is -1.99. The molecule has 2 aromatic rings. The van der Waals surface area contributed by atoms with Crippen LogP contribution in [0.25, 0.3) is 0 Å². The van der Waals surface area contributed by atoms with Crippen LogP contribution in [0.4, 0.5) is 0 Å². The Morgan fingerprint density at radius 3 is 2.68 bits per heavy atom. The third-order valence-corrected chi connectivity index (χ3v) is 3.36. The minimum atomic E-state index is -0.978. The SMILES string of the molecule is O=C(O)c1ccc(OCc2cccc(Cl)c2)cc1Br. The largest absolute Gasteiger partial charge is 0.489 e. The highest BCUT2D eigenvalue weighted by molar-refractivity contribution is 9.10. The molecule has 0 aliphatic carbocycles. The molecule has 0 radical (unpaired) electrons. The van der Waals surface area contributed by atoms with E-state index in [2.05, 4.69) is 15.9 Å². The second kappa shape index (κ2) is 6.08. The van der Waals surface area contributed by atoms with E-state index in [1.165, 1.54) is 6.07 Å². The Morgan fingerprint density at radius 2 is 2.05 bits per heavy atom. The van der Waals surface area contributed by atoms with Crippen LogP contribution in [0.15, 0.2) is 46.9 Å². The number of ether oxygens (including phenoxy) is 1. The second-order valence-electron chi connectivity index (χ2n) is 3.87. The molecule has 0 aliphatic rings. The average molecular weight is 342 g/mol. The summed E-state index contributed by atoms with van der Waals surface area (Å²) in [6, 6.07) is 12.1. The molecular formula is C14H10BrClO3. The van der Waals surface area contributed by atoms with Crippen LogP contribution in [0.3, 0.4) is 0 Å².